The average molecular weight is 320 g/mol. The minimum absolute atomic E-state index is 0.181. The molecule has 23 heavy (non-hydrogen) atoms. The molecule has 1 aliphatic heterocycles. The topological polar surface area (TPSA) is 60.5 Å². The summed E-state index contributed by atoms with van der Waals surface area (Å²) in [6, 6.07) is 3.26. The number of amides is 1. The average Bonchev–Trinajstić information content (AvgIpc) is 2.65. The maximum absolute atomic E-state index is 13.8. The number of rotatable bonds is 4. The zero-order valence-corrected chi connectivity index (χ0v) is 14.1. The normalized spacial score (nSPS) is 19.7. The largest absolute Gasteiger partial charge is 0.492 e. The van der Waals surface area contributed by atoms with E-state index in [1.54, 1.807) is 18.2 Å². The Balaban J connectivity index is 2.32. The van der Waals surface area contributed by atoms with Gasteiger partial charge in [-0.3, -0.25) is 4.79 Å². The van der Waals surface area contributed by atoms with Crippen molar-refractivity contribution in [3.05, 3.63) is 35.3 Å². The van der Waals surface area contributed by atoms with Crippen LogP contribution in [0.1, 0.15) is 40.2 Å². The quantitative estimate of drug-likeness (QED) is 0.683. The number of hydrogen-bond donors (Lipinski definition) is 1. The van der Waals surface area contributed by atoms with E-state index < -0.39 is 24.3 Å². The number of carbonyl (C=O) groups is 1. The van der Waals surface area contributed by atoms with Crippen molar-refractivity contribution in [2.24, 2.45) is 0 Å². The monoisotopic (exact) mass is 320 g/mol. The number of halogens is 1. The van der Waals surface area contributed by atoms with Crippen LogP contribution in [0.2, 0.25) is 0 Å². The molecule has 2 heterocycles. The Morgan fingerprint density at radius 1 is 1.35 bits per heavy atom. The van der Waals surface area contributed by atoms with E-state index in [-0.39, 0.29) is 12.5 Å². The number of nitrogens with one attached hydrogen (secondary N) is 1. The smallest absolute Gasteiger partial charge is 0.400 e. The fourth-order valence-electron chi connectivity index (χ4n) is 2.13. The molecule has 0 aliphatic carbocycles. The van der Waals surface area contributed by atoms with Crippen LogP contribution in [0.4, 0.5) is 4.39 Å². The lowest BCUT2D eigenvalue weighted by Crippen LogP contribution is -2.41. The third-order valence-electron chi connectivity index (χ3n) is 4.23. The summed E-state index contributed by atoms with van der Waals surface area (Å²) in [5, 5.41) is 2.71. The Kier molecular flexibility index (Phi) is 4.91. The molecule has 0 unspecified atom stereocenters. The van der Waals surface area contributed by atoms with Gasteiger partial charge in [0.05, 0.1) is 11.2 Å². The molecular formula is C16H22BFN2O3. The van der Waals surface area contributed by atoms with Crippen LogP contribution in [-0.4, -0.2) is 35.8 Å². The molecule has 0 saturated carbocycles. The minimum Gasteiger partial charge on any atom is -0.400 e. The van der Waals surface area contributed by atoms with Crippen LogP contribution in [0.5, 0.6) is 0 Å². The van der Waals surface area contributed by atoms with Crippen molar-refractivity contribution in [3.8, 4) is 0 Å². The summed E-state index contributed by atoms with van der Waals surface area (Å²) >= 11 is 0. The summed E-state index contributed by atoms with van der Waals surface area (Å²) in [7, 11) is -0.661. The lowest BCUT2D eigenvalue weighted by molar-refractivity contribution is -0.118. The van der Waals surface area contributed by atoms with Gasteiger partial charge in [0.2, 0.25) is 11.9 Å². The zero-order chi connectivity index (χ0) is 17.3. The van der Waals surface area contributed by atoms with Crippen molar-refractivity contribution in [1.82, 2.24) is 10.3 Å². The fraction of sp³-hybridized carbons (Fsp3) is 0.500. The van der Waals surface area contributed by atoms with Gasteiger partial charge in [0.15, 0.2) is 0 Å². The molecule has 7 heteroatoms. The maximum atomic E-state index is 13.8. The van der Waals surface area contributed by atoms with Gasteiger partial charge in [-0.1, -0.05) is 6.08 Å². The second kappa shape index (κ2) is 6.41. The molecule has 0 radical (unpaired) electrons. The Labute approximate surface area is 136 Å². The molecule has 2 rings (SSSR count). The molecular weight excluding hydrogens is 298 g/mol. The molecule has 0 bridgehead atoms. The standard InChI is InChI=1S/C16H22BFN2O3/c1-11(21)20-10-13(9-12-7-6-8-19-14(12)18)17-22-15(2,3)16(4,5)23-17/h6-9H,10H2,1-5H3,(H,20,21). The predicted molar refractivity (Wildman–Crippen MR) is 86.9 cm³/mol. The second-order valence-electron chi connectivity index (χ2n) is 6.60. The summed E-state index contributed by atoms with van der Waals surface area (Å²) < 4.78 is 25.8. The van der Waals surface area contributed by atoms with Gasteiger partial charge in [-0.15, -0.1) is 0 Å². The number of aromatic nitrogens is 1. The van der Waals surface area contributed by atoms with Gasteiger partial charge in [0.1, 0.15) is 0 Å². The van der Waals surface area contributed by atoms with E-state index in [0.717, 1.165) is 0 Å². The Morgan fingerprint density at radius 2 is 1.96 bits per heavy atom. The van der Waals surface area contributed by atoms with E-state index in [0.29, 0.717) is 11.0 Å². The first-order chi connectivity index (χ1) is 10.6. The van der Waals surface area contributed by atoms with Crippen molar-refractivity contribution < 1.29 is 18.5 Å². The molecule has 0 spiro atoms. The highest BCUT2D eigenvalue weighted by Gasteiger charge is 2.52. The van der Waals surface area contributed by atoms with Crippen LogP contribution < -0.4 is 5.32 Å². The van der Waals surface area contributed by atoms with Crippen LogP contribution in [0.15, 0.2) is 23.8 Å². The summed E-state index contributed by atoms with van der Waals surface area (Å²) in [6.07, 6.45) is 3.00. The van der Waals surface area contributed by atoms with E-state index in [1.807, 2.05) is 27.7 Å². The predicted octanol–water partition coefficient (Wildman–Crippen LogP) is 2.37. The van der Waals surface area contributed by atoms with Gasteiger partial charge in [-0.2, -0.15) is 4.39 Å². The number of hydrogen-bond acceptors (Lipinski definition) is 4. The van der Waals surface area contributed by atoms with Crippen molar-refractivity contribution in [3.63, 3.8) is 0 Å². The summed E-state index contributed by atoms with van der Waals surface area (Å²) in [4.78, 5) is 14.9. The van der Waals surface area contributed by atoms with Crippen molar-refractivity contribution in [2.75, 3.05) is 6.54 Å². The first-order valence-corrected chi connectivity index (χ1v) is 7.53. The highest BCUT2D eigenvalue weighted by atomic mass is 19.1. The number of pyridine rings is 1. The molecule has 0 aromatic carbocycles. The highest BCUT2D eigenvalue weighted by molar-refractivity contribution is 6.56. The lowest BCUT2D eigenvalue weighted by Gasteiger charge is -2.32. The van der Waals surface area contributed by atoms with Gasteiger partial charge in [-0.05, 0) is 45.3 Å². The molecule has 5 nitrogen and oxygen atoms in total. The highest BCUT2D eigenvalue weighted by Crippen LogP contribution is 2.38. The van der Waals surface area contributed by atoms with Crippen LogP contribution in [0, 0.1) is 5.95 Å². The minimum atomic E-state index is -0.661. The third-order valence-corrected chi connectivity index (χ3v) is 4.23. The first-order valence-electron chi connectivity index (χ1n) is 7.53. The molecule has 1 saturated heterocycles. The Hall–Kier alpha value is -1.73. The Bertz CT molecular complexity index is 616. The van der Waals surface area contributed by atoms with Gasteiger partial charge in [-0.25, -0.2) is 4.98 Å². The van der Waals surface area contributed by atoms with Crippen LogP contribution >= 0.6 is 0 Å². The van der Waals surface area contributed by atoms with Gasteiger partial charge >= 0.3 is 7.12 Å². The molecule has 0 atom stereocenters. The fourth-order valence-corrected chi connectivity index (χ4v) is 2.13. The van der Waals surface area contributed by atoms with Crippen LogP contribution in [0.3, 0.4) is 0 Å². The third kappa shape index (κ3) is 3.97. The number of carbonyl (C=O) groups excluding carboxylic acids is 1. The summed E-state index contributed by atoms with van der Waals surface area (Å²) in [5.74, 6) is -0.761. The van der Waals surface area contributed by atoms with E-state index in [9.17, 15) is 9.18 Å². The van der Waals surface area contributed by atoms with Gasteiger partial charge in [0.25, 0.3) is 0 Å². The Morgan fingerprint density at radius 3 is 2.48 bits per heavy atom. The van der Waals surface area contributed by atoms with Crippen LogP contribution in [0.25, 0.3) is 6.08 Å². The zero-order valence-electron chi connectivity index (χ0n) is 14.1. The van der Waals surface area contributed by atoms with E-state index in [2.05, 4.69) is 10.3 Å². The molecule has 1 aliphatic rings. The van der Waals surface area contributed by atoms with E-state index >= 15 is 0 Å². The summed E-state index contributed by atoms with van der Waals surface area (Å²) in [5.41, 5.74) is -0.0747. The van der Waals surface area contributed by atoms with Crippen molar-refractivity contribution >= 4 is 19.1 Å². The maximum Gasteiger partial charge on any atom is 0.492 e. The van der Waals surface area contributed by atoms with Crippen molar-refractivity contribution in [1.29, 1.82) is 0 Å². The summed E-state index contributed by atoms with van der Waals surface area (Å²) in [6.45, 7) is 9.38. The van der Waals surface area contributed by atoms with E-state index in [1.165, 1.54) is 13.1 Å². The number of nitrogens with zero attached hydrogens (tertiary/aromatic N) is 1. The van der Waals surface area contributed by atoms with Gasteiger partial charge < -0.3 is 14.6 Å². The molecule has 124 valence electrons. The molecule has 1 aromatic heterocycles. The molecule has 1 amide bonds. The lowest BCUT2D eigenvalue weighted by atomic mass is 9.77. The van der Waals surface area contributed by atoms with E-state index in [4.69, 9.17) is 9.31 Å². The van der Waals surface area contributed by atoms with Gasteiger partial charge in [0, 0.05) is 25.2 Å². The molecule has 1 fully saturated rings. The second-order valence-corrected chi connectivity index (χ2v) is 6.60. The molecule has 1 aromatic rings. The van der Waals surface area contributed by atoms with Crippen LogP contribution in [-0.2, 0) is 14.1 Å². The first kappa shape index (κ1) is 17.6. The van der Waals surface area contributed by atoms with Crippen molar-refractivity contribution in [2.45, 2.75) is 45.8 Å². The SMILES string of the molecule is CC(=O)NCC(=Cc1cccnc1F)B1OC(C)(C)C(C)(C)O1. The molecule has 1 N–H and O–H groups in total.